The van der Waals surface area contributed by atoms with Crippen molar-refractivity contribution < 1.29 is 19.0 Å². The highest BCUT2D eigenvalue weighted by Crippen LogP contribution is 2.47. The van der Waals surface area contributed by atoms with Crippen molar-refractivity contribution in [2.24, 2.45) is 4.99 Å². The van der Waals surface area contributed by atoms with Crippen LogP contribution in [0.2, 0.25) is 0 Å². The van der Waals surface area contributed by atoms with Crippen molar-refractivity contribution in [3.63, 3.8) is 0 Å². The summed E-state index contributed by atoms with van der Waals surface area (Å²) in [6.45, 7) is 7.21. The molecular formula is C37H45N3O4S. The molecule has 1 unspecified atom stereocenters. The first-order valence-corrected chi connectivity index (χ1v) is 17.0. The molecular weight excluding hydrogens is 582 g/mol. The molecule has 238 valence electrons. The van der Waals surface area contributed by atoms with Gasteiger partial charge in [-0.1, -0.05) is 18.2 Å². The second-order valence-corrected chi connectivity index (χ2v) is 13.9. The number of thiophene rings is 1. The second-order valence-electron chi connectivity index (χ2n) is 13.2. The minimum Gasteiger partial charge on any atom is -0.496 e. The van der Waals surface area contributed by atoms with Crippen LogP contribution in [0.3, 0.4) is 0 Å². The first kappa shape index (κ1) is 31.5. The summed E-state index contributed by atoms with van der Waals surface area (Å²) in [5.41, 5.74) is 7.87. The number of fused-ring (bicyclic) bond motifs is 2. The Hall–Kier alpha value is -3.46. The van der Waals surface area contributed by atoms with Gasteiger partial charge in [0.25, 0.3) is 5.91 Å². The van der Waals surface area contributed by atoms with Crippen LogP contribution < -0.4 is 9.47 Å². The number of allylic oxidation sites excluding steroid dienone is 4. The van der Waals surface area contributed by atoms with Gasteiger partial charge in [0.1, 0.15) is 18.1 Å². The van der Waals surface area contributed by atoms with Crippen molar-refractivity contribution in [1.29, 1.82) is 0 Å². The molecule has 45 heavy (non-hydrogen) atoms. The van der Waals surface area contributed by atoms with Gasteiger partial charge in [-0.15, -0.1) is 0 Å². The van der Waals surface area contributed by atoms with Crippen LogP contribution in [-0.2, 0) is 9.53 Å². The largest absolute Gasteiger partial charge is 0.496 e. The number of methoxy groups -OCH3 is 1. The average Bonchev–Trinajstić information content (AvgIpc) is 3.47. The maximum Gasteiger partial charge on any atom is 0.254 e. The van der Waals surface area contributed by atoms with Gasteiger partial charge in [0, 0.05) is 41.1 Å². The van der Waals surface area contributed by atoms with Crippen LogP contribution in [0.4, 0.5) is 0 Å². The molecule has 0 radical (unpaired) electrons. The highest BCUT2D eigenvalue weighted by atomic mass is 32.1. The van der Waals surface area contributed by atoms with Gasteiger partial charge in [-0.3, -0.25) is 9.79 Å². The molecule has 1 aromatic heterocycles. The summed E-state index contributed by atoms with van der Waals surface area (Å²) in [6, 6.07) is 6.66. The van der Waals surface area contributed by atoms with Crippen molar-refractivity contribution in [2.45, 2.75) is 57.5 Å². The van der Waals surface area contributed by atoms with Gasteiger partial charge >= 0.3 is 0 Å². The molecule has 8 heteroatoms. The van der Waals surface area contributed by atoms with Crippen LogP contribution >= 0.6 is 11.3 Å². The van der Waals surface area contributed by atoms with Gasteiger partial charge in [0.05, 0.1) is 31.9 Å². The lowest BCUT2D eigenvalue weighted by Gasteiger charge is -2.43. The number of benzene rings is 1. The molecule has 4 heterocycles. The smallest absolute Gasteiger partial charge is 0.254 e. The van der Waals surface area contributed by atoms with E-state index < -0.39 is 0 Å². The van der Waals surface area contributed by atoms with E-state index >= 15 is 0 Å². The van der Waals surface area contributed by atoms with E-state index in [0.717, 1.165) is 83.6 Å². The summed E-state index contributed by atoms with van der Waals surface area (Å²) in [5, 5.41) is 4.28. The second kappa shape index (κ2) is 13.5. The Morgan fingerprint density at radius 2 is 2.11 bits per heavy atom. The molecule has 3 aliphatic heterocycles. The number of aliphatic imine (C=N–C) groups is 1. The third-order valence-electron chi connectivity index (χ3n) is 9.15. The highest BCUT2D eigenvalue weighted by Gasteiger charge is 2.38. The Labute approximate surface area is 271 Å². The molecule has 4 aliphatic rings. The topological polar surface area (TPSA) is 63.6 Å². The number of carbonyl (C=O) groups excluding carboxylic acids is 1. The molecule has 7 nitrogen and oxygen atoms in total. The molecule has 2 aromatic rings. The summed E-state index contributed by atoms with van der Waals surface area (Å²) in [5.74, 6) is 1.59. The van der Waals surface area contributed by atoms with Crippen molar-refractivity contribution in [2.75, 3.05) is 54.1 Å². The predicted molar refractivity (Wildman–Crippen MR) is 184 cm³/mol. The van der Waals surface area contributed by atoms with Gasteiger partial charge in [-0.2, -0.15) is 11.3 Å². The van der Waals surface area contributed by atoms with Crippen molar-refractivity contribution in [1.82, 2.24) is 9.80 Å². The minimum atomic E-state index is -0.385. The van der Waals surface area contributed by atoms with E-state index in [2.05, 4.69) is 74.0 Å². The van der Waals surface area contributed by atoms with E-state index in [1.165, 1.54) is 11.1 Å². The lowest BCUT2D eigenvalue weighted by Crippen LogP contribution is -2.56. The van der Waals surface area contributed by atoms with Crippen molar-refractivity contribution in [3.8, 4) is 11.5 Å². The number of dihydropyridines is 1. The van der Waals surface area contributed by atoms with Crippen LogP contribution in [0.15, 0.2) is 62.8 Å². The van der Waals surface area contributed by atoms with Crippen molar-refractivity contribution >= 4 is 40.7 Å². The fourth-order valence-corrected chi connectivity index (χ4v) is 7.35. The molecule has 1 saturated heterocycles. The molecule has 6 rings (SSSR count). The van der Waals surface area contributed by atoms with Gasteiger partial charge in [-0.05, 0) is 112 Å². The van der Waals surface area contributed by atoms with E-state index in [1.807, 2.05) is 17.2 Å². The number of rotatable bonds is 8. The zero-order valence-corrected chi connectivity index (χ0v) is 28.0. The van der Waals surface area contributed by atoms with Crippen LogP contribution in [0.1, 0.15) is 62.6 Å². The summed E-state index contributed by atoms with van der Waals surface area (Å²) in [4.78, 5) is 23.5. The van der Waals surface area contributed by atoms with Crippen LogP contribution in [-0.4, -0.2) is 87.6 Å². The molecule has 1 amide bonds. The van der Waals surface area contributed by atoms with E-state index in [0.29, 0.717) is 32.4 Å². The lowest BCUT2D eigenvalue weighted by molar-refractivity contribution is -0.141. The number of nitrogens with zero attached hydrogens (tertiary/aromatic N) is 3. The number of amides is 1. The molecule has 0 saturated carbocycles. The SMILES string of the molecule is COc1cc2c(cc1C1=CCC(CCCN(C)C)N=C1)C1=C(CO2)C(C(=O)N2CCOCC2(C)C)=CCC/C1=C/c1ccsc1. The quantitative estimate of drug-likeness (QED) is 0.318. The van der Waals surface area contributed by atoms with E-state index in [9.17, 15) is 4.79 Å². The summed E-state index contributed by atoms with van der Waals surface area (Å²) in [7, 11) is 5.94. The number of carbonyl (C=O) groups is 1. The van der Waals surface area contributed by atoms with Gasteiger partial charge < -0.3 is 24.0 Å². The first-order chi connectivity index (χ1) is 21.7. The third-order valence-corrected chi connectivity index (χ3v) is 9.85. The summed E-state index contributed by atoms with van der Waals surface area (Å²) >= 11 is 1.69. The Morgan fingerprint density at radius 1 is 1.24 bits per heavy atom. The zero-order chi connectivity index (χ0) is 31.6. The number of hydrogen-bond acceptors (Lipinski definition) is 7. The maximum atomic E-state index is 14.3. The molecule has 1 aliphatic carbocycles. The Morgan fingerprint density at radius 3 is 2.82 bits per heavy atom. The lowest BCUT2D eigenvalue weighted by atomic mass is 9.84. The van der Waals surface area contributed by atoms with Crippen molar-refractivity contribution in [3.05, 3.63) is 74.5 Å². The standard InChI is InChI=1S/C37H45N3O4S/c1-37(2)24-43-16-15-40(37)36(41)29-10-6-8-26(18-25-13-17-45-23-25)35-31-19-30(33(42-5)20-34(31)44-22-32(29)35)27-11-12-28(38-21-27)9-7-14-39(3)4/h10-11,13,17-21,23,28H,6-9,12,14-16,22,24H2,1-5H3/b26-18-. The van der Waals surface area contributed by atoms with Crippen LogP contribution in [0, 0.1) is 0 Å². The van der Waals surface area contributed by atoms with Gasteiger partial charge in [0.2, 0.25) is 0 Å². The predicted octanol–water partition coefficient (Wildman–Crippen LogP) is 6.91. The number of ether oxygens (including phenoxy) is 3. The van der Waals surface area contributed by atoms with E-state index in [-0.39, 0.29) is 11.4 Å². The molecule has 1 aromatic carbocycles. The Kier molecular flexibility index (Phi) is 9.45. The molecule has 1 atom stereocenters. The molecule has 0 spiro atoms. The average molecular weight is 628 g/mol. The fraction of sp³-hybridized carbons (Fsp3) is 0.459. The number of hydrogen-bond donors (Lipinski definition) is 0. The Bertz CT molecular complexity index is 1580. The fourth-order valence-electron chi connectivity index (χ4n) is 6.73. The highest BCUT2D eigenvalue weighted by molar-refractivity contribution is 7.08. The third kappa shape index (κ3) is 6.74. The minimum absolute atomic E-state index is 0.0517. The molecule has 1 fully saturated rings. The normalized spacial score (nSPS) is 22.0. The maximum absolute atomic E-state index is 14.3. The Balaban J connectivity index is 1.42. The van der Waals surface area contributed by atoms with Crippen LogP contribution in [0.25, 0.3) is 17.2 Å². The zero-order valence-electron chi connectivity index (χ0n) is 27.2. The first-order valence-electron chi connectivity index (χ1n) is 16.1. The summed E-state index contributed by atoms with van der Waals surface area (Å²) < 4.78 is 18.1. The van der Waals surface area contributed by atoms with Gasteiger partial charge in [0.15, 0.2) is 0 Å². The molecule has 0 N–H and O–H groups in total. The van der Waals surface area contributed by atoms with E-state index in [4.69, 9.17) is 19.2 Å². The van der Waals surface area contributed by atoms with Crippen LogP contribution in [0.5, 0.6) is 11.5 Å². The van der Waals surface area contributed by atoms with E-state index in [1.54, 1.807) is 18.4 Å². The molecule has 0 bridgehead atoms. The van der Waals surface area contributed by atoms with Gasteiger partial charge in [-0.25, -0.2) is 0 Å². The summed E-state index contributed by atoms with van der Waals surface area (Å²) in [6.07, 6.45) is 13.4. The monoisotopic (exact) mass is 627 g/mol. The number of morpholine rings is 1.